The molecule has 3 aromatic rings. The van der Waals surface area contributed by atoms with Crippen molar-refractivity contribution in [1.82, 2.24) is 14.3 Å². The van der Waals surface area contributed by atoms with E-state index in [1.807, 2.05) is 55.1 Å². The summed E-state index contributed by atoms with van der Waals surface area (Å²) in [6.07, 6.45) is 6.43. The van der Waals surface area contributed by atoms with Crippen molar-refractivity contribution in [1.29, 1.82) is 0 Å². The monoisotopic (exact) mass is 499 g/mol. The molecule has 2 N–H and O–H groups in total. The number of nitrogens with zero attached hydrogens (tertiary/aromatic N) is 3. The minimum Gasteiger partial charge on any atom is -0.492 e. The van der Waals surface area contributed by atoms with Gasteiger partial charge >= 0.3 is 0 Å². The van der Waals surface area contributed by atoms with E-state index >= 15 is 0 Å². The molecule has 0 amide bonds. The number of piperidine rings is 1. The van der Waals surface area contributed by atoms with Crippen molar-refractivity contribution in [2.24, 2.45) is 12.1 Å². The lowest BCUT2D eigenvalue weighted by Crippen LogP contribution is -2.35. The Bertz CT molecular complexity index is 1310. The third-order valence-electron chi connectivity index (χ3n) is 5.75. The van der Waals surface area contributed by atoms with Crippen LogP contribution >= 0.6 is 12.2 Å². The molecule has 0 spiro atoms. The van der Waals surface area contributed by atoms with Crippen LogP contribution in [-0.4, -0.2) is 48.3 Å². The molecule has 1 aliphatic rings. The summed E-state index contributed by atoms with van der Waals surface area (Å²) < 4.78 is 35.4. The number of hydrogen-bond donors (Lipinski definition) is 2. The van der Waals surface area contributed by atoms with Crippen LogP contribution in [0.3, 0.4) is 0 Å². The summed E-state index contributed by atoms with van der Waals surface area (Å²) >= 11 is 5.36. The fourth-order valence-corrected chi connectivity index (χ4v) is 5.79. The van der Waals surface area contributed by atoms with Gasteiger partial charge in [-0.15, -0.1) is 0 Å². The lowest BCUT2D eigenvalue weighted by atomic mass is 10.2. The Morgan fingerprint density at radius 2 is 1.94 bits per heavy atom. The molecule has 180 valence electrons. The molecular weight excluding hydrogens is 470 g/mol. The molecule has 10 heteroatoms. The molecule has 0 aliphatic carbocycles. The molecule has 1 fully saturated rings. The summed E-state index contributed by atoms with van der Waals surface area (Å²) in [5, 5.41) is 8.48. The predicted octanol–water partition coefficient (Wildman–Crippen LogP) is 4.07. The minimum atomic E-state index is -3.52. The molecule has 0 saturated carbocycles. The summed E-state index contributed by atoms with van der Waals surface area (Å²) in [6, 6.07) is 12.8. The zero-order valence-corrected chi connectivity index (χ0v) is 21.0. The van der Waals surface area contributed by atoms with Crippen molar-refractivity contribution in [2.45, 2.75) is 31.1 Å². The highest BCUT2D eigenvalue weighted by Crippen LogP contribution is 2.27. The van der Waals surface area contributed by atoms with Crippen molar-refractivity contribution in [3.63, 3.8) is 0 Å². The molecule has 0 atom stereocenters. The van der Waals surface area contributed by atoms with Gasteiger partial charge in [0.1, 0.15) is 5.75 Å². The Hall–Kier alpha value is -2.95. The zero-order chi connectivity index (χ0) is 24.1. The fraction of sp³-hybridized carbons (Fsp3) is 0.333. The van der Waals surface area contributed by atoms with Crippen molar-refractivity contribution < 1.29 is 13.2 Å². The molecule has 0 unspecified atom stereocenters. The van der Waals surface area contributed by atoms with Gasteiger partial charge < -0.3 is 14.6 Å². The van der Waals surface area contributed by atoms with Gasteiger partial charge in [-0.05, 0) is 62.3 Å². The van der Waals surface area contributed by atoms with Gasteiger partial charge in [-0.2, -0.15) is 9.41 Å². The summed E-state index contributed by atoms with van der Waals surface area (Å²) in [5.41, 5.74) is 5.27. The summed E-state index contributed by atoms with van der Waals surface area (Å²) in [6.45, 7) is 3.62. The van der Waals surface area contributed by atoms with Gasteiger partial charge in [0.05, 0.1) is 23.4 Å². The standard InChI is InChI=1S/C24H29N5O3S2/c1-3-32-23-10-6-5-9-21(23)26-24(33)27-25-16-18-17-28(2)22-12-11-19(15-20(18)22)34(30,31)29-13-7-4-8-14-29/h5-6,9-12,15-17H,3-4,7-8,13-14H2,1-2H3,(H2,26,27,33)/b25-16-. The summed E-state index contributed by atoms with van der Waals surface area (Å²) in [5.74, 6) is 0.703. The normalized spacial score (nSPS) is 15.0. The van der Waals surface area contributed by atoms with E-state index in [1.165, 1.54) is 0 Å². The highest BCUT2D eigenvalue weighted by atomic mass is 32.2. The van der Waals surface area contributed by atoms with Gasteiger partial charge in [0, 0.05) is 42.8 Å². The molecular formula is C24H29N5O3S2. The number of anilines is 1. The number of hydrazone groups is 1. The van der Waals surface area contributed by atoms with Crippen molar-refractivity contribution in [2.75, 3.05) is 25.0 Å². The van der Waals surface area contributed by atoms with Gasteiger partial charge in [-0.1, -0.05) is 18.6 Å². The summed E-state index contributed by atoms with van der Waals surface area (Å²) in [4.78, 5) is 0.306. The second-order valence-corrected chi connectivity index (χ2v) is 10.4. The van der Waals surface area contributed by atoms with Crippen molar-refractivity contribution in [3.05, 3.63) is 54.2 Å². The van der Waals surface area contributed by atoms with Crippen LogP contribution in [0.2, 0.25) is 0 Å². The molecule has 2 aromatic carbocycles. The van der Waals surface area contributed by atoms with Crippen LogP contribution in [0, 0.1) is 0 Å². The van der Waals surface area contributed by atoms with E-state index in [1.54, 1.807) is 22.7 Å². The largest absolute Gasteiger partial charge is 0.492 e. The minimum absolute atomic E-state index is 0.306. The highest BCUT2D eigenvalue weighted by molar-refractivity contribution is 7.89. The van der Waals surface area contributed by atoms with Gasteiger partial charge in [0.2, 0.25) is 10.0 Å². The number of sulfonamides is 1. The second-order valence-electron chi connectivity index (χ2n) is 8.09. The molecule has 8 nitrogen and oxygen atoms in total. The van der Waals surface area contributed by atoms with E-state index in [0.29, 0.717) is 35.5 Å². The highest BCUT2D eigenvalue weighted by Gasteiger charge is 2.26. The van der Waals surface area contributed by atoms with E-state index in [-0.39, 0.29) is 0 Å². The molecule has 2 heterocycles. The quantitative estimate of drug-likeness (QED) is 0.289. The first-order chi connectivity index (χ1) is 16.4. The molecule has 0 bridgehead atoms. The number of para-hydroxylation sites is 2. The lowest BCUT2D eigenvalue weighted by molar-refractivity contribution is 0.342. The van der Waals surface area contributed by atoms with Crippen molar-refractivity contribution in [3.8, 4) is 5.75 Å². The third kappa shape index (κ3) is 5.24. The smallest absolute Gasteiger partial charge is 0.243 e. The zero-order valence-electron chi connectivity index (χ0n) is 19.3. The van der Waals surface area contributed by atoms with Crippen LogP contribution in [0.25, 0.3) is 10.9 Å². The van der Waals surface area contributed by atoms with Gasteiger partial charge in [0.25, 0.3) is 0 Å². The topological polar surface area (TPSA) is 88.0 Å². The molecule has 34 heavy (non-hydrogen) atoms. The van der Waals surface area contributed by atoms with E-state index < -0.39 is 10.0 Å². The van der Waals surface area contributed by atoms with Crippen molar-refractivity contribution >= 4 is 50.2 Å². The van der Waals surface area contributed by atoms with E-state index in [0.717, 1.165) is 41.4 Å². The van der Waals surface area contributed by atoms with Crippen LogP contribution in [0.1, 0.15) is 31.7 Å². The maximum absolute atomic E-state index is 13.1. The van der Waals surface area contributed by atoms with Crippen LogP contribution in [-0.2, 0) is 17.1 Å². The number of thiocarbonyl (C=S) groups is 1. The van der Waals surface area contributed by atoms with E-state index in [4.69, 9.17) is 17.0 Å². The Kier molecular flexibility index (Phi) is 7.50. The number of aromatic nitrogens is 1. The molecule has 4 rings (SSSR count). The van der Waals surface area contributed by atoms with Crippen LogP contribution in [0.15, 0.2) is 58.7 Å². The Labute approximate surface area is 205 Å². The van der Waals surface area contributed by atoms with Crippen LogP contribution < -0.4 is 15.5 Å². The predicted molar refractivity (Wildman–Crippen MR) is 140 cm³/mol. The number of benzene rings is 2. The SMILES string of the molecule is CCOc1ccccc1NC(=S)N/N=C\c1cn(C)c2ccc(S(=O)(=O)N3CCCCC3)cc12. The molecule has 0 radical (unpaired) electrons. The van der Waals surface area contributed by atoms with Gasteiger partial charge in [-0.25, -0.2) is 8.42 Å². The Morgan fingerprint density at radius 3 is 2.71 bits per heavy atom. The summed E-state index contributed by atoms with van der Waals surface area (Å²) in [7, 11) is -1.60. The van der Waals surface area contributed by atoms with Gasteiger partial charge in [0.15, 0.2) is 5.11 Å². The van der Waals surface area contributed by atoms with Crippen LogP contribution in [0.4, 0.5) is 5.69 Å². The van der Waals surface area contributed by atoms with E-state index in [2.05, 4.69) is 15.8 Å². The number of aryl methyl sites for hydroxylation is 1. The Balaban J connectivity index is 1.52. The first-order valence-corrected chi connectivity index (χ1v) is 13.2. The first kappa shape index (κ1) is 24.2. The van der Waals surface area contributed by atoms with Gasteiger partial charge in [-0.3, -0.25) is 5.43 Å². The lowest BCUT2D eigenvalue weighted by Gasteiger charge is -2.25. The maximum Gasteiger partial charge on any atom is 0.243 e. The average Bonchev–Trinajstić information content (AvgIpc) is 3.16. The molecule has 1 aromatic heterocycles. The molecule has 1 saturated heterocycles. The maximum atomic E-state index is 13.1. The fourth-order valence-electron chi connectivity index (χ4n) is 4.08. The van der Waals surface area contributed by atoms with E-state index in [9.17, 15) is 8.42 Å². The number of nitrogens with one attached hydrogen (secondary N) is 2. The first-order valence-electron chi connectivity index (χ1n) is 11.3. The second kappa shape index (κ2) is 10.5. The number of ether oxygens (including phenoxy) is 1. The Morgan fingerprint density at radius 1 is 1.18 bits per heavy atom. The average molecular weight is 500 g/mol. The third-order valence-corrected chi connectivity index (χ3v) is 7.84. The number of hydrogen-bond acceptors (Lipinski definition) is 5. The number of fused-ring (bicyclic) bond motifs is 1. The number of rotatable bonds is 7. The van der Waals surface area contributed by atoms with Crippen LogP contribution in [0.5, 0.6) is 5.75 Å². The molecule has 1 aliphatic heterocycles.